The van der Waals surface area contributed by atoms with E-state index < -0.39 is 18.1 Å². The van der Waals surface area contributed by atoms with Crippen LogP contribution in [-0.2, 0) is 20.4 Å². The molecule has 0 saturated carbocycles. The fourth-order valence-electron chi connectivity index (χ4n) is 8.05. The van der Waals surface area contributed by atoms with Gasteiger partial charge in [-0.2, -0.15) is 17.7 Å². The summed E-state index contributed by atoms with van der Waals surface area (Å²) < 4.78 is 34.0. The summed E-state index contributed by atoms with van der Waals surface area (Å²) in [6.07, 6.45) is 10.8. The van der Waals surface area contributed by atoms with Crippen molar-refractivity contribution in [3.05, 3.63) is 120 Å². The quantitative estimate of drug-likeness (QED) is 0.0803. The van der Waals surface area contributed by atoms with Crippen LogP contribution in [-0.4, -0.2) is 53.1 Å². The van der Waals surface area contributed by atoms with Gasteiger partial charge in [-0.25, -0.2) is 0 Å². The topological polar surface area (TPSA) is 110 Å². The van der Waals surface area contributed by atoms with Crippen molar-refractivity contribution in [1.82, 2.24) is 0 Å². The Hall–Kier alpha value is -5.22. The first-order valence-corrected chi connectivity index (χ1v) is 18.8. The second-order valence-electron chi connectivity index (χ2n) is 15.1. The van der Waals surface area contributed by atoms with E-state index in [4.69, 9.17) is 20.7 Å². The van der Waals surface area contributed by atoms with Gasteiger partial charge in [0.25, 0.3) is 0 Å². The fourth-order valence-corrected chi connectivity index (χ4v) is 8.05. The molecule has 4 aromatic carbocycles. The Labute approximate surface area is 321 Å². The summed E-state index contributed by atoms with van der Waals surface area (Å²) in [4.78, 5) is 22.4. The number of anilines is 1. The molecule has 290 valence electrons. The highest BCUT2D eigenvalue weighted by Crippen LogP contribution is 2.51. The number of hydrogen-bond acceptors (Lipinski definition) is 5. The monoisotopic (exact) mass is 753 g/mol. The molecule has 0 radical (unpaired) electrons. The van der Waals surface area contributed by atoms with Crippen LogP contribution in [0.1, 0.15) is 77.3 Å². The third-order valence-electron chi connectivity index (χ3n) is 10.6. The number of carbonyl (C=O) groups is 2. The molecule has 0 aromatic heterocycles. The van der Waals surface area contributed by atoms with Gasteiger partial charge in [0.2, 0.25) is 5.69 Å². The molecule has 2 aliphatic heterocycles. The average Bonchev–Trinajstić information content (AvgIpc) is 3.49. The van der Waals surface area contributed by atoms with Crippen molar-refractivity contribution >= 4 is 50.6 Å². The molecule has 7 nitrogen and oxygen atoms in total. The summed E-state index contributed by atoms with van der Waals surface area (Å²) in [5.41, 5.74) is 13.5. The molecule has 0 atom stereocenters. The highest BCUT2D eigenvalue weighted by molar-refractivity contribution is 6.07. The average molecular weight is 754 g/mol. The van der Waals surface area contributed by atoms with Crippen LogP contribution in [0, 0.1) is 0 Å². The molecule has 2 heterocycles. The van der Waals surface area contributed by atoms with E-state index in [1.807, 2.05) is 0 Å². The summed E-state index contributed by atoms with van der Waals surface area (Å²) >= 11 is 0. The van der Waals surface area contributed by atoms with Gasteiger partial charge in [0.15, 0.2) is 5.71 Å². The largest absolute Gasteiger partial charge is 0.542 e. The zero-order chi connectivity index (χ0) is 40.0. The summed E-state index contributed by atoms with van der Waals surface area (Å²) in [5, 5.41) is 23.1. The van der Waals surface area contributed by atoms with E-state index in [1.165, 1.54) is 55.5 Å². The molecular weight excluding hydrogens is 704 g/mol. The van der Waals surface area contributed by atoms with Gasteiger partial charge in [0.05, 0.1) is 5.41 Å². The van der Waals surface area contributed by atoms with Crippen LogP contribution in [0.15, 0.2) is 109 Å². The molecule has 10 heteroatoms. The number of nitrogens with zero attached hydrogens (tertiary/aromatic N) is 2. The number of hydrogen-bond donors (Lipinski definition) is 2. The van der Waals surface area contributed by atoms with Crippen LogP contribution in [0.2, 0.25) is 0 Å². The lowest BCUT2D eigenvalue weighted by molar-refractivity contribution is -0.438. The highest BCUT2D eigenvalue weighted by Gasteiger charge is 2.45. The Morgan fingerprint density at radius 1 is 0.800 bits per heavy atom. The maximum Gasteiger partial charge on any atom is 0.430 e. The smallest absolute Gasteiger partial charge is 0.430 e. The normalized spacial score (nSPS) is 16.7. The Kier molecular flexibility index (Phi) is 12.7. The minimum atomic E-state index is -5.19. The van der Waals surface area contributed by atoms with Crippen LogP contribution in [0.4, 0.5) is 24.5 Å². The van der Waals surface area contributed by atoms with E-state index in [0.29, 0.717) is 13.0 Å². The summed E-state index contributed by atoms with van der Waals surface area (Å²) in [7, 11) is 0. The number of carboxylic acid groups (broad SMARTS) is 2. The van der Waals surface area contributed by atoms with Crippen molar-refractivity contribution in [3.8, 4) is 0 Å². The molecule has 0 aliphatic carbocycles. The minimum Gasteiger partial charge on any atom is -0.542 e. The number of allylic oxidation sites excluding steroid dienone is 6. The van der Waals surface area contributed by atoms with E-state index in [-0.39, 0.29) is 17.3 Å². The standard InChI is InChI=1S/C43H49N3O2.C2HF3O2/c1-42(2)37(45(29-15-6-9-23-39(47)48)35-26-24-31-17-10-12-19-33(31)40(35)42)21-7-5-8-22-38-43(3,4)41-34-20-13-11-18-32(34)25-27-36(41)46(38)30-16-14-28-44;3-2(4,5)1(6)7/h5,7-8,10-13,17-22,24-27H,6,9,14-16,23,28-30,44H2,1-4H3;(H,6,7). The van der Waals surface area contributed by atoms with Crippen molar-refractivity contribution in [2.45, 2.75) is 83.2 Å². The van der Waals surface area contributed by atoms with Crippen molar-refractivity contribution in [2.75, 3.05) is 24.5 Å². The van der Waals surface area contributed by atoms with E-state index in [1.54, 1.807) is 0 Å². The van der Waals surface area contributed by atoms with Crippen LogP contribution >= 0.6 is 0 Å². The first-order chi connectivity index (χ1) is 26.1. The lowest BCUT2D eigenvalue weighted by Gasteiger charge is -2.27. The summed E-state index contributed by atoms with van der Waals surface area (Å²) in [5.74, 6) is -3.73. The number of unbranched alkanes of at least 4 members (excludes halogenated alkanes) is 3. The van der Waals surface area contributed by atoms with Crippen LogP contribution in [0.25, 0.3) is 21.5 Å². The number of halogens is 3. The predicted octanol–water partition coefficient (Wildman–Crippen LogP) is 8.85. The number of aliphatic carboxylic acids is 2. The number of carbonyl (C=O) groups excluding carboxylic acids is 1. The molecule has 55 heavy (non-hydrogen) atoms. The number of alkyl halides is 3. The first-order valence-electron chi connectivity index (χ1n) is 18.8. The van der Waals surface area contributed by atoms with Crippen molar-refractivity contribution < 1.29 is 37.5 Å². The molecule has 0 amide bonds. The Morgan fingerprint density at radius 2 is 1.42 bits per heavy atom. The number of benzene rings is 4. The van der Waals surface area contributed by atoms with Gasteiger partial charge >= 0.3 is 12.1 Å². The molecule has 2 aliphatic rings. The molecular formula is C45H50F3N3O4. The number of nitrogens with two attached hydrogens (primary N) is 1. The lowest BCUT2D eigenvalue weighted by atomic mass is 9.79. The van der Waals surface area contributed by atoms with Crippen molar-refractivity contribution in [1.29, 1.82) is 0 Å². The Morgan fingerprint density at radius 3 is 2.04 bits per heavy atom. The van der Waals surface area contributed by atoms with E-state index >= 15 is 0 Å². The molecule has 0 fully saturated rings. The van der Waals surface area contributed by atoms with E-state index in [2.05, 4.69) is 140 Å². The summed E-state index contributed by atoms with van der Waals surface area (Å²) in [6, 6.07) is 26.4. The number of rotatable bonds is 13. The SMILES string of the molecule is CC1(C)C(/C=C/C=C/C=C2/N(CCCCN)c3ccc4ccccc4c3C2(C)C)=[N+](CCCCCC(=O)O)c2ccc3ccccc3c21.O=C([O-])C(F)(F)F. The molecule has 0 saturated heterocycles. The zero-order valence-electron chi connectivity index (χ0n) is 32.0. The third-order valence-corrected chi connectivity index (χ3v) is 10.6. The van der Waals surface area contributed by atoms with Crippen LogP contribution < -0.4 is 15.7 Å². The van der Waals surface area contributed by atoms with Gasteiger partial charge in [-0.05, 0) is 91.4 Å². The maximum atomic E-state index is 11.1. The van der Waals surface area contributed by atoms with Gasteiger partial charge in [0, 0.05) is 53.9 Å². The first kappa shape index (κ1) is 41.0. The fraction of sp³-hybridized carbons (Fsp3) is 0.356. The highest BCUT2D eigenvalue weighted by atomic mass is 19.4. The third kappa shape index (κ3) is 8.86. The van der Waals surface area contributed by atoms with E-state index in [9.17, 15) is 18.0 Å². The van der Waals surface area contributed by atoms with E-state index in [0.717, 1.165) is 38.8 Å². The minimum absolute atomic E-state index is 0.144. The lowest BCUT2D eigenvalue weighted by Crippen LogP contribution is -2.37. The molecule has 0 unspecified atom stereocenters. The van der Waals surface area contributed by atoms with Gasteiger partial charge in [-0.3, -0.25) is 4.79 Å². The predicted molar refractivity (Wildman–Crippen MR) is 213 cm³/mol. The zero-order valence-corrected chi connectivity index (χ0v) is 32.0. The molecule has 4 aromatic rings. The molecule has 0 bridgehead atoms. The Balaban J connectivity index is 0.000000757. The number of fused-ring (bicyclic) bond motifs is 6. The molecule has 0 spiro atoms. The Bertz CT molecular complexity index is 2180. The molecule has 6 rings (SSSR count). The van der Waals surface area contributed by atoms with Crippen molar-refractivity contribution in [3.63, 3.8) is 0 Å². The second kappa shape index (κ2) is 17.1. The maximum absolute atomic E-state index is 11.1. The van der Waals surface area contributed by atoms with Crippen LogP contribution in [0.3, 0.4) is 0 Å². The molecule has 3 N–H and O–H groups in total. The summed E-state index contributed by atoms with van der Waals surface area (Å²) in [6.45, 7) is 11.9. The second-order valence-corrected chi connectivity index (χ2v) is 15.1. The van der Waals surface area contributed by atoms with Crippen molar-refractivity contribution in [2.24, 2.45) is 5.73 Å². The number of carboxylic acids is 2. The van der Waals surface area contributed by atoms with Gasteiger partial charge in [-0.15, -0.1) is 0 Å². The van der Waals surface area contributed by atoms with Gasteiger partial charge < -0.3 is 25.6 Å². The van der Waals surface area contributed by atoms with Gasteiger partial charge in [-0.1, -0.05) is 86.7 Å². The van der Waals surface area contributed by atoms with Gasteiger partial charge in [0.1, 0.15) is 12.5 Å². The van der Waals surface area contributed by atoms with Crippen LogP contribution in [0.5, 0.6) is 0 Å².